The van der Waals surface area contributed by atoms with Crippen LogP contribution < -0.4 is 0 Å². The number of carbonyl (C=O) groups is 1. The minimum absolute atomic E-state index is 0.105. The summed E-state index contributed by atoms with van der Waals surface area (Å²) in [5.41, 5.74) is 1.94. The Labute approximate surface area is 147 Å². The van der Waals surface area contributed by atoms with Crippen LogP contribution in [0.5, 0.6) is 0 Å². The molecule has 1 aliphatic rings. The maximum atomic E-state index is 13.2. The third-order valence-corrected chi connectivity index (χ3v) is 4.43. The lowest BCUT2D eigenvalue weighted by atomic mass is 10.1. The van der Waals surface area contributed by atoms with E-state index < -0.39 is 5.82 Å². The van der Waals surface area contributed by atoms with Crippen molar-refractivity contribution in [3.8, 4) is 5.82 Å². The summed E-state index contributed by atoms with van der Waals surface area (Å²) in [4.78, 5) is 18.6. The van der Waals surface area contributed by atoms with E-state index in [1.807, 2.05) is 18.2 Å². The zero-order valence-corrected chi connectivity index (χ0v) is 13.8. The molecule has 8 heteroatoms. The molecule has 2 aromatic heterocycles. The lowest BCUT2D eigenvalue weighted by Gasteiger charge is -2.26. The Hall–Kier alpha value is -2.80. The maximum Gasteiger partial charge on any atom is 0.255 e. The topological polar surface area (TPSA) is 63.9 Å². The van der Waals surface area contributed by atoms with Crippen LogP contribution in [0.25, 0.3) is 5.82 Å². The van der Waals surface area contributed by atoms with Gasteiger partial charge in [0.05, 0.1) is 22.8 Å². The molecule has 3 heterocycles. The first-order valence-electron chi connectivity index (χ1n) is 7.72. The Kier molecular flexibility index (Phi) is 3.93. The van der Waals surface area contributed by atoms with Crippen molar-refractivity contribution in [2.24, 2.45) is 0 Å². The van der Waals surface area contributed by atoms with Crippen molar-refractivity contribution in [2.75, 3.05) is 6.54 Å². The molecule has 1 aliphatic heterocycles. The van der Waals surface area contributed by atoms with Gasteiger partial charge in [0, 0.05) is 19.2 Å². The summed E-state index contributed by atoms with van der Waals surface area (Å²) in [6.45, 7) is 0.828. The molecular weight excluding hydrogens is 345 g/mol. The number of pyridine rings is 1. The number of nitrogens with zero attached hydrogens (tertiary/aromatic N) is 5. The summed E-state index contributed by atoms with van der Waals surface area (Å²) in [5, 5.41) is 8.44. The molecule has 1 aromatic carbocycles. The molecule has 0 bridgehead atoms. The Morgan fingerprint density at radius 1 is 1.24 bits per heavy atom. The Morgan fingerprint density at radius 2 is 2.12 bits per heavy atom. The number of fused-ring (bicyclic) bond motifs is 1. The zero-order valence-electron chi connectivity index (χ0n) is 13.1. The van der Waals surface area contributed by atoms with E-state index in [0.717, 1.165) is 17.5 Å². The van der Waals surface area contributed by atoms with Gasteiger partial charge in [-0.2, -0.15) is 4.68 Å². The van der Waals surface area contributed by atoms with Crippen molar-refractivity contribution in [2.45, 2.75) is 13.0 Å². The maximum absolute atomic E-state index is 13.2. The van der Waals surface area contributed by atoms with E-state index in [2.05, 4.69) is 15.3 Å². The van der Waals surface area contributed by atoms with Crippen molar-refractivity contribution in [1.82, 2.24) is 24.9 Å². The molecule has 0 unspecified atom stereocenters. The van der Waals surface area contributed by atoms with Gasteiger partial charge in [-0.05, 0) is 30.3 Å². The summed E-state index contributed by atoms with van der Waals surface area (Å²) >= 11 is 6.00. The summed E-state index contributed by atoms with van der Waals surface area (Å²) in [6, 6.07) is 9.34. The molecule has 0 fully saturated rings. The number of benzene rings is 1. The van der Waals surface area contributed by atoms with Crippen LogP contribution in [0.1, 0.15) is 21.7 Å². The van der Waals surface area contributed by atoms with Crippen LogP contribution in [0.4, 0.5) is 4.39 Å². The average Bonchev–Trinajstić information content (AvgIpc) is 3.05. The van der Waals surface area contributed by atoms with E-state index in [1.165, 1.54) is 12.1 Å². The molecule has 0 aliphatic carbocycles. The zero-order chi connectivity index (χ0) is 17.4. The third-order valence-electron chi connectivity index (χ3n) is 4.12. The molecule has 4 rings (SSSR count). The molecule has 25 heavy (non-hydrogen) atoms. The molecule has 0 spiro atoms. The van der Waals surface area contributed by atoms with Crippen LogP contribution in [0.2, 0.25) is 5.02 Å². The number of hydrogen-bond acceptors (Lipinski definition) is 4. The number of aromatic nitrogens is 4. The summed E-state index contributed by atoms with van der Waals surface area (Å²) < 4.78 is 14.9. The standard InChI is InChI=1S/C17H13ClFN5O/c18-13-9-11(19)4-5-12(13)17(25)23-8-6-15-14(10-23)21-22-24(15)16-3-1-2-7-20-16/h1-5,7,9H,6,8,10H2. The molecule has 6 nitrogen and oxygen atoms in total. The van der Waals surface area contributed by atoms with Crippen LogP contribution in [0.15, 0.2) is 42.6 Å². The second kappa shape index (κ2) is 6.25. The van der Waals surface area contributed by atoms with Gasteiger partial charge in [-0.15, -0.1) is 5.10 Å². The molecule has 0 saturated heterocycles. The smallest absolute Gasteiger partial charge is 0.255 e. The van der Waals surface area contributed by atoms with Crippen molar-refractivity contribution in [1.29, 1.82) is 0 Å². The summed E-state index contributed by atoms with van der Waals surface area (Å²) in [6.07, 6.45) is 2.29. The average molecular weight is 358 g/mol. The first kappa shape index (κ1) is 15.7. The van der Waals surface area contributed by atoms with E-state index in [-0.39, 0.29) is 16.5 Å². The largest absolute Gasteiger partial charge is 0.332 e. The highest BCUT2D eigenvalue weighted by Crippen LogP contribution is 2.24. The van der Waals surface area contributed by atoms with Gasteiger partial charge in [0.1, 0.15) is 11.5 Å². The van der Waals surface area contributed by atoms with Crippen LogP contribution >= 0.6 is 11.6 Å². The molecular formula is C17H13ClFN5O. The Balaban J connectivity index is 1.60. The number of carbonyl (C=O) groups excluding carboxylic acids is 1. The summed E-state index contributed by atoms with van der Waals surface area (Å²) in [7, 11) is 0. The fraction of sp³-hybridized carbons (Fsp3) is 0.176. The van der Waals surface area contributed by atoms with Crippen LogP contribution in [-0.2, 0) is 13.0 Å². The lowest BCUT2D eigenvalue weighted by Crippen LogP contribution is -2.36. The highest BCUT2D eigenvalue weighted by molar-refractivity contribution is 6.33. The van der Waals surface area contributed by atoms with E-state index in [9.17, 15) is 9.18 Å². The first-order chi connectivity index (χ1) is 12.1. The number of halogens is 2. The number of amides is 1. The van der Waals surface area contributed by atoms with Crippen LogP contribution in [-0.4, -0.2) is 37.3 Å². The van der Waals surface area contributed by atoms with E-state index in [1.54, 1.807) is 15.8 Å². The van der Waals surface area contributed by atoms with Gasteiger partial charge in [-0.3, -0.25) is 4.79 Å². The molecule has 0 atom stereocenters. The number of rotatable bonds is 2. The molecule has 1 amide bonds. The quantitative estimate of drug-likeness (QED) is 0.707. The van der Waals surface area contributed by atoms with Gasteiger partial charge in [0.25, 0.3) is 5.91 Å². The van der Waals surface area contributed by atoms with Crippen LogP contribution in [0, 0.1) is 5.82 Å². The van der Waals surface area contributed by atoms with Gasteiger partial charge in [-0.25, -0.2) is 9.37 Å². The number of hydrogen-bond donors (Lipinski definition) is 0. The fourth-order valence-electron chi connectivity index (χ4n) is 2.88. The third kappa shape index (κ3) is 2.87. The lowest BCUT2D eigenvalue weighted by molar-refractivity contribution is 0.0731. The minimum Gasteiger partial charge on any atom is -0.332 e. The first-order valence-corrected chi connectivity index (χ1v) is 8.10. The second-order valence-corrected chi connectivity index (χ2v) is 6.09. The van der Waals surface area contributed by atoms with Crippen molar-refractivity contribution in [3.63, 3.8) is 0 Å². The van der Waals surface area contributed by atoms with Gasteiger partial charge in [-0.1, -0.05) is 22.9 Å². The second-order valence-electron chi connectivity index (χ2n) is 5.68. The molecule has 0 radical (unpaired) electrons. The molecule has 126 valence electrons. The van der Waals surface area contributed by atoms with Crippen LogP contribution in [0.3, 0.4) is 0 Å². The summed E-state index contributed by atoms with van der Waals surface area (Å²) in [5.74, 6) is -0.0265. The minimum atomic E-state index is -0.471. The Morgan fingerprint density at radius 3 is 2.88 bits per heavy atom. The SMILES string of the molecule is O=C(c1ccc(F)cc1Cl)N1CCc2c(nnn2-c2ccccn2)C1. The normalized spacial score (nSPS) is 13.6. The van der Waals surface area contributed by atoms with Gasteiger partial charge in [0.2, 0.25) is 0 Å². The van der Waals surface area contributed by atoms with E-state index >= 15 is 0 Å². The van der Waals surface area contributed by atoms with E-state index in [4.69, 9.17) is 11.6 Å². The predicted octanol–water partition coefficient (Wildman–Crippen LogP) is 2.65. The van der Waals surface area contributed by atoms with Gasteiger partial charge >= 0.3 is 0 Å². The highest BCUT2D eigenvalue weighted by Gasteiger charge is 2.27. The molecule has 0 N–H and O–H groups in total. The monoisotopic (exact) mass is 357 g/mol. The molecule has 3 aromatic rings. The van der Waals surface area contributed by atoms with Crippen molar-refractivity contribution < 1.29 is 9.18 Å². The molecule has 0 saturated carbocycles. The highest BCUT2D eigenvalue weighted by atomic mass is 35.5. The van der Waals surface area contributed by atoms with Crippen molar-refractivity contribution in [3.05, 3.63) is 70.4 Å². The van der Waals surface area contributed by atoms with Crippen molar-refractivity contribution >= 4 is 17.5 Å². The van der Waals surface area contributed by atoms with Gasteiger partial charge in [0.15, 0.2) is 5.82 Å². The van der Waals surface area contributed by atoms with E-state index in [0.29, 0.717) is 25.3 Å². The van der Waals surface area contributed by atoms with Gasteiger partial charge < -0.3 is 4.90 Å². The predicted molar refractivity (Wildman–Crippen MR) is 89.0 cm³/mol. The Bertz CT molecular complexity index is 943. The fourth-order valence-corrected chi connectivity index (χ4v) is 3.12.